The average Bonchev–Trinajstić information content (AvgIpc) is 3.11. The third-order valence-corrected chi connectivity index (χ3v) is 4.41. The van der Waals surface area contributed by atoms with Gasteiger partial charge in [0.25, 0.3) is 0 Å². The summed E-state index contributed by atoms with van der Waals surface area (Å²) >= 11 is 0. The van der Waals surface area contributed by atoms with E-state index >= 15 is 0 Å². The lowest BCUT2D eigenvalue weighted by molar-refractivity contribution is -0.137. The lowest BCUT2D eigenvalue weighted by Gasteiger charge is -2.25. The van der Waals surface area contributed by atoms with Gasteiger partial charge in [-0.3, -0.25) is 4.90 Å². The maximum absolute atomic E-state index is 12.9. The molecule has 0 bridgehead atoms. The first-order valence-electron chi connectivity index (χ1n) is 8.50. The Bertz CT molecular complexity index is 844. The number of nitrogens with one attached hydrogen (secondary N) is 1. The van der Waals surface area contributed by atoms with E-state index in [1.807, 2.05) is 0 Å². The monoisotopic (exact) mass is 379 g/mol. The van der Waals surface area contributed by atoms with Crippen molar-refractivity contribution >= 4 is 11.6 Å². The Morgan fingerprint density at radius 1 is 1.33 bits per heavy atom. The van der Waals surface area contributed by atoms with Crippen LogP contribution in [-0.2, 0) is 6.18 Å². The van der Waals surface area contributed by atoms with Gasteiger partial charge in [-0.05, 0) is 30.2 Å². The Kier molecular flexibility index (Phi) is 5.50. The van der Waals surface area contributed by atoms with Gasteiger partial charge in [-0.1, -0.05) is 12.1 Å². The molecule has 0 spiro atoms. The highest BCUT2D eigenvalue weighted by atomic mass is 19.4. The molecule has 0 saturated carbocycles. The van der Waals surface area contributed by atoms with Gasteiger partial charge in [-0.15, -0.1) is 0 Å². The normalized spacial score (nSPS) is 15.4. The van der Waals surface area contributed by atoms with Gasteiger partial charge >= 0.3 is 12.2 Å². The summed E-state index contributed by atoms with van der Waals surface area (Å²) in [4.78, 5) is 12.9. The summed E-state index contributed by atoms with van der Waals surface area (Å²) < 4.78 is 40.1. The fourth-order valence-corrected chi connectivity index (χ4v) is 2.97. The lowest BCUT2D eigenvalue weighted by atomic mass is 10.0. The number of primary amides is 1. The minimum Gasteiger partial charge on any atom is -0.352 e. The van der Waals surface area contributed by atoms with Crippen molar-refractivity contribution in [2.75, 3.05) is 26.2 Å². The van der Waals surface area contributed by atoms with Crippen LogP contribution in [0.2, 0.25) is 0 Å². The van der Waals surface area contributed by atoms with E-state index < -0.39 is 17.8 Å². The van der Waals surface area contributed by atoms with Crippen molar-refractivity contribution in [3.63, 3.8) is 0 Å². The summed E-state index contributed by atoms with van der Waals surface area (Å²) in [6.45, 7) is 2.74. The molecule has 6 nitrogen and oxygen atoms in total. The fraction of sp³-hybridized carbons (Fsp3) is 0.333. The number of carbonyl (C=O) groups is 1. The molecule has 2 amide bonds. The molecule has 2 heterocycles. The smallest absolute Gasteiger partial charge is 0.352 e. The number of hydrogen-bond donors (Lipinski definition) is 2. The summed E-state index contributed by atoms with van der Waals surface area (Å²) in [5.74, 6) is 0. The molecule has 3 N–H and O–H groups in total. The summed E-state index contributed by atoms with van der Waals surface area (Å²) in [5.41, 5.74) is 6.70. The van der Waals surface area contributed by atoms with Crippen LogP contribution < -0.4 is 11.1 Å². The predicted octanol–water partition coefficient (Wildman–Crippen LogP) is 2.65. The summed E-state index contributed by atoms with van der Waals surface area (Å²) in [5, 5.41) is 6.76. The first kappa shape index (κ1) is 19.0. The van der Waals surface area contributed by atoms with Crippen molar-refractivity contribution in [2.24, 2.45) is 5.73 Å². The molecule has 1 aliphatic heterocycles. The molecule has 0 atom stereocenters. The van der Waals surface area contributed by atoms with Crippen LogP contribution in [0.1, 0.15) is 17.5 Å². The van der Waals surface area contributed by atoms with E-state index in [0.717, 1.165) is 42.8 Å². The van der Waals surface area contributed by atoms with Gasteiger partial charge in [0.1, 0.15) is 0 Å². The first-order chi connectivity index (χ1) is 12.8. The topological polar surface area (TPSA) is 76.2 Å². The minimum atomic E-state index is -4.38. The number of alkyl halides is 3. The summed E-state index contributed by atoms with van der Waals surface area (Å²) in [6.07, 6.45) is 1.89. The number of amides is 2. The van der Waals surface area contributed by atoms with E-state index in [2.05, 4.69) is 21.4 Å². The molecule has 0 fully saturated rings. The van der Waals surface area contributed by atoms with Gasteiger partial charge in [0, 0.05) is 37.9 Å². The Morgan fingerprint density at radius 3 is 2.81 bits per heavy atom. The molecule has 1 aromatic carbocycles. The zero-order valence-electron chi connectivity index (χ0n) is 14.5. The van der Waals surface area contributed by atoms with Crippen LogP contribution in [0.15, 0.2) is 42.7 Å². The molecule has 2 aromatic rings. The van der Waals surface area contributed by atoms with E-state index in [9.17, 15) is 18.0 Å². The van der Waals surface area contributed by atoms with Crippen LogP contribution in [0, 0.1) is 0 Å². The van der Waals surface area contributed by atoms with Crippen LogP contribution >= 0.6 is 0 Å². The molecular weight excluding hydrogens is 359 g/mol. The van der Waals surface area contributed by atoms with E-state index in [-0.39, 0.29) is 0 Å². The maximum atomic E-state index is 12.9. The Balaban J connectivity index is 1.66. The van der Waals surface area contributed by atoms with Crippen LogP contribution in [-0.4, -0.2) is 46.9 Å². The minimum absolute atomic E-state index is 0.367. The number of rotatable bonds is 5. The van der Waals surface area contributed by atoms with Gasteiger partial charge in [0.05, 0.1) is 17.4 Å². The van der Waals surface area contributed by atoms with Crippen molar-refractivity contribution in [2.45, 2.75) is 12.6 Å². The fourth-order valence-electron chi connectivity index (χ4n) is 2.97. The molecule has 27 heavy (non-hydrogen) atoms. The Morgan fingerprint density at radius 2 is 2.15 bits per heavy atom. The molecule has 144 valence electrons. The van der Waals surface area contributed by atoms with Gasteiger partial charge in [0.15, 0.2) is 0 Å². The number of urea groups is 1. The van der Waals surface area contributed by atoms with Crippen molar-refractivity contribution < 1.29 is 18.0 Å². The second-order valence-corrected chi connectivity index (χ2v) is 6.29. The zero-order chi connectivity index (χ0) is 19.4. The van der Waals surface area contributed by atoms with E-state index in [1.54, 1.807) is 18.5 Å². The van der Waals surface area contributed by atoms with E-state index in [1.165, 1.54) is 10.7 Å². The molecule has 0 radical (unpaired) electrons. The third kappa shape index (κ3) is 4.88. The summed E-state index contributed by atoms with van der Waals surface area (Å²) in [7, 11) is 0. The first-order valence-corrected chi connectivity index (χ1v) is 8.50. The highest BCUT2D eigenvalue weighted by Gasteiger charge is 2.30. The molecule has 0 unspecified atom stereocenters. The van der Waals surface area contributed by atoms with Gasteiger partial charge < -0.3 is 11.1 Å². The number of nitrogens with zero attached hydrogens (tertiary/aromatic N) is 3. The average molecular weight is 379 g/mol. The van der Waals surface area contributed by atoms with Crippen LogP contribution in [0.5, 0.6) is 0 Å². The van der Waals surface area contributed by atoms with Crippen LogP contribution in [0.25, 0.3) is 11.3 Å². The molecule has 0 saturated heterocycles. The van der Waals surface area contributed by atoms with Crippen molar-refractivity contribution in [3.05, 3.63) is 53.9 Å². The quantitative estimate of drug-likeness (QED) is 0.839. The third-order valence-electron chi connectivity index (χ3n) is 4.41. The Labute approximate surface area is 154 Å². The molecular formula is C18H20F3N5O. The van der Waals surface area contributed by atoms with Crippen LogP contribution in [0.3, 0.4) is 0 Å². The number of nitrogens with two attached hydrogens (primary N) is 1. The second-order valence-electron chi connectivity index (χ2n) is 6.29. The molecule has 9 heteroatoms. The standard InChI is InChI=1S/C18H20F3N5O/c19-18(20,21)15-2-1-3-16(10-15)26-12-14(11-24-26)13-4-7-25(8-5-13)9-6-23-17(22)27/h1-4,10-12H,5-9H2,(H3,22,23,27). The summed E-state index contributed by atoms with van der Waals surface area (Å²) in [6, 6.07) is 4.55. The molecule has 1 aliphatic rings. The SMILES string of the molecule is NC(=O)NCCN1CC=C(c2cnn(-c3cccc(C(F)(F)F)c3)c2)CC1. The number of hydrogen-bond acceptors (Lipinski definition) is 3. The zero-order valence-corrected chi connectivity index (χ0v) is 14.5. The molecule has 3 rings (SSSR count). The molecule has 1 aromatic heterocycles. The highest BCUT2D eigenvalue weighted by molar-refractivity contribution is 5.71. The van der Waals surface area contributed by atoms with Crippen molar-refractivity contribution in [3.8, 4) is 5.69 Å². The van der Waals surface area contributed by atoms with Gasteiger partial charge in [-0.2, -0.15) is 18.3 Å². The van der Waals surface area contributed by atoms with Gasteiger partial charge in [-0.25, -0.2) is 9.48 Å². The lowest BCUT2D eigenvalue weighted by Crippen LogP contribution is -2.38. The molecule has 0 aliphatic carbocycles. The number of aromatic nitrogens is 2. The van der Waals surface area contributed by atoms with Crippen molar-refractivity contribution in [1.29, 1.82) is 0 Å². The van der Waals surface area contributed by atoms with Crippen molar-refractivity contribution in [1.82, 2.24) is 20.0 Å². The Hall–Kier alpha value is -2.81. The van der Waals surface area contributed by atoms with E-state index in [0.29, 0.717) is 18.8 Å². The number of benzene rings is 1. The van der Waals surface area contributed by atoms with E-state index in [4.69, 9.17) is 5.73 Å². The highest BCUT2D eigenvalue weighted by Crippen LogP contribution is 2.30. The van der Waals surface area contributed by atoms with Gasteiger partial charge in [0.2, 0.25) is 0 Å². The number of halogens is 3. The maximum Gasteiger partial charge on any atom is 0.416 e. The van der Waals surface area contributed by atoms with Crippen LogP contribution in [0.4, 0.5) is 18.0 Å². The second kappa shape index (κ2) is 7.83. The predicted molar refractivity (Wildman–Crippen MR) is 95.2 cm³/mol. The largest absolute Gasteiger partial charge is 0.416 e. The number of carbonyl (C=O) groups excluding carboxylic acids is 1.